The van der Waals surface area contributed by atoms with Gasteiger partial charge in [0.1, 0.15) is 0 Å². The smallest absolute Gasteiger partial charge is 0.353 e. The summed E-state index contributed by atoms with van der Waals surface area (Å²) < 4.78 is 64.4. The van der Waals surface area contributed by atoms with Crippen LogP contribution in [0.4, 0.5) is 8.78 Å². The van der Waals surface area contributed by atoms with Gasteiger partial charge in [-0.1, -0.05) is 23.7 Å². The summed E-state index contributed by atoms with van der Waals surface area (Å²) in [5.74, 6) is -4.52. The largest absolute Gasteiger partial charge is 0.438 e. The number of benzene rings is 2. The molecule has 14 heteroatoms. The third kappa shape index (κ3) is 8.95. The molecule has 44 heavy (non-hydrogen) atoms. The van der Waals surface area contributed by atoms with Gasteiger partial charge in [-0.25, -0.2) is 8.78 Å². The zero-order chi connectivity index (χ0) is 32.9. The number of amides is 1. The first kappa shape index (κ1) is 35.3. The highest BCUT2D eigenvalue weighted by Crippen LogP contribution is 2.62. The molecule has 0 saturated heterocycles. The molecule has 0 spiro atoms. The average molecular weight is 672 g/mol. The molecule has 0 fully saturated rings. The van der Waals surface area contributed by atoms with Crippen molar-refractivity contribution in [2.45, 2.75) is 47.2 Å². The van der Waals surface area contributed by atoms with Crippen LogP contribution in [0, 0.1) is 22.5 Å². The van der Waals surface area contributed by atoms with Gasteiger partial charge in [0.15, 0.2) is 17.3 Å². The van der Waals surface area contributed by atoms with Crippen LogP contribution in [0.15, 0.2) is 48.0 Å². The van der Waals surface area contributed by atoms with Crippen LogP contribution in [0.25, 0.3) is 16.2 Å². The number of fused-ring (bicyclic) bond motifs is 1. The summed E-state index contributed by atoms with van der Waals surface area (Å²) >= 11 is 7.45. The van der Waals surface area contributed by atoms with Crippen molar-refractivity contribution in [2.24, 2.45) is 10.8 Å². The fraction of sp³-hybridized carbons (Fsp3) is 0.367. The van der Waals surface area contributed by atoms with Crippen LogP contribution in [0.1, 0.15) is 58.3 Å². The van der Waals surface area contributed by atoms with Crippen molar-refractivity contribution < 1.29 is 46.3 Å². The van der Waals surface area contributed by atoms with Gasteiger partial charge in [0.2, 0.25) is 19.5 Å². The predicted octanol–water partition coefficient (Wildman–Crippen LogP) is 7.98. The van der Waals surface area contributed by atoms with E-state index >= 15 is 0 Å². The Morgan fingerprint density at radius 3 is 2.14 bits per heavy atom. The molecular weight excluding hydrogens is 639 g/mol. The number of hydrogen-bond acceptors (Lipinski definition) is 9. The molecule has 1 atom stereocenters. The van der Waals surface area contributed by atoms with E-state index in [2.05, 4.69) is 5.32 Å². The average Bonchev–Trinajstić information content (AvgIpc) is 3.32. The van der Waals surface area contributed by atoms with Crippen LogP contribution in [-0.2, 0) is 37.5 Å². The molecule has 1 amide bonds. The van der Waals surface area contributed by atoms with E-state index in [1.807, 2.05) is 0 Å². The van der Waals surface area contributed by atoms with Crippen molar-refractivity contribution in [1.82, 2.24) is 5.32 Å². The van der Waals surface area contributed by atoms with Crippen molar-refractivity contribution in [2.75, 3.05) is 13.6 Å². The fourth-order valence-corrected chi connectivity index (χ4v) is 6.48. The van der Waals surface area contributed by atoms with Crippen LogP contribution in [-0.4, -0.2) is 31.4 Å². The molecule has 3 aromatic rings. The molecule has 0 radical (unpaired) electrons. The lowest BCUT2D eigenvalue weighted by molar-refractivity contribution is -0.162. The first-order chi connectivity index (χ1) is 20.4. The third-order valence-corrected chi connectivity index (χ3v) is 9.26. The number of nitrogens with one attached hydrogen (secondary N) is 1. The first-order valence-corrected chi connectivity index (χ1v) is 16.1. The second-order valence-corrected chi connectivity index (χ2v) is 15.1. The topological polar surface area (TPSA) is 117 Å². The van der Waals surface area contributed by atoms with E-state index in [-0.39, 0.29) is 11.1 Å². The second kappa shape index (κ2) is 14.3. The standard InChI is InChI=1S/C30H33ClF2NO8PS/c1-29(2,3)27(36)39-16-41-43(38,42-17-40-28(37)30(4,5)6)25(21-15-44-23-11-10-19(31)14-20(21)23)26(35)34-13-12-18-8-7-9-22(32)24(18)33/h7-15,25H,16-17H2,1-6H3,(H,34,35). The number of thiophene rings is 1. The Labute approximate surface area is 263 Å². The highest BCUT2D eigenvalue weighted by atomic mass is 35.5. The van der Waals surface area contributed by atoms with Gasteiger partial charge in [0.05, 0.1) is 10.8 Å². The predicted molar refractivity (Wildman–Crippen MR) is 164 cm³/mol. The molecule has 9 nitrogen and oxygen atoms in total. The normalized spacial score (nSPS) is 13.2. The van der Waals surface area contributed by atoms with Crippen molar-refractivity contribution >= 4 is 64.5 Å². The minimum absolute atomic E-state index is 0.159. The molecule has 0 bridgehead atoms. The Bertz CT molecular complexity index is 1580. The Hall–Kier alpha value is -3.15. The van der Waals surface area contributed by atoms with E-state index in [1.54, 1.807) is 65.1 Å². The summed E-state index contributed by atoms with van der Waals surface area (Å²) in [6.07, 6.45) is 2.15. The number of ether oxygens (including phenoxy) is 2. The number of esters is 2. The zero-order valence-electron chi connectivity index (χ0n) is 24.9. The lowest BCUT2D eigenvalue weighted by Crippen LogP contribution is -2.29. The zero-order valence-corrected chi connectivity index (χ0v) is 27.4. The van der Waals surface area contributed by atoms with E-state index in [0.29, 0.717) is 15.1 Å². The molecule has 0 aliphatic heterocycles. The van der Waals surface area contributed by atoms with Gasteiger partial charge in [-0.05, 0) is 88.2 Å². The molecule has 1 N–H and O–H groups in total. The van der Waals surface area contributed by atoms with E-state index in [9.17, 15) is 27.7 Å². The number of rotatable bonds is 11. The van der Waals surface area contributed by atoms with E-state index in [4.69, 9.17) is 30.1 Å². The van der Waals surface area contributed by atoms with E-state index in [1.165, 1.54) is 23.5 Å². The lowest BCUT2D eigenvalue weighted by atomic mass is 9.98. The summed E-state index contributed by atoms with van der Waals surface area (Å²) in [6, 6.07) is 8.42. The van der Waals surface area contributed by atoms with Gasteiger partial charge >= 0.3 is 19.5 Å². The molecule has 0 saturated carbocycles. The molecule has 0 aliphatic rings. The van der Waals surface area contributed by atoms with Crippen LogP contribution >= 0.6 is 30.5 Å². The maximum absolute atomic E-state index is 14.5. The van der Waals surface area contributed by atoms with Gasteiger partial charge in [-0.3, -0.25) is 28.0 Å². The minimum Gasteiger partial charge on any atom is -0.438 e. The summed E-state index contributed by atoms with van der Waals surface area (Å²) in [6.45, 7) is 7.87. The Kier molecular flexibility index (Phi) is 11.5. The van der Waals surface area contributed by atoms with Crippen LogP contribution in [0.3, 0.4) is 0 Å². The Morgan fingerprint density at radius 1 is 0.977 bits per heavy atom. The first-order valence-electron chi connectivity index (χ1n) is 13.2. The molecule has 3 rings (SSSR count). The maximum atomic E-state index is 14.5. The van der Waals surface area contributed by atoms with Gasteiger partial charge in [0.25, 0.3) is 0 Å². The number of carbonyl (C=O) groups excluding carboxylic acids is 3. The Balaban J connectivity index is 2.04. The molecule has 1 heterocycles. The molecule has 1 aromatic heterocycles. The van der Waals surface area contributed by atoms with E-state index < -0.39 is 67.2 Å². The number of halogens is 3. The Morgan fingerprint density at radius 2 is 1.57 bits per heavy atom. The number of hydrogen-bond donors (Lipinski definition) is 1. The fourth-order valence-electron chi connectivity index (χ4n) is 3.56. The van der Waals surface area contributed by atoms with Crippen molar-refractivity contribution in [1.29, 1.82) is 0 Å². The van der Waals surface area contributed by atoms with Crippen LogP contribution < -0.4 is 5.32 Å². The second-order valence-electron chi connectivity index (χ2n) is 11.6. The molecule has 2 aromatic carbocycles. The molecule has 0 aliphatic carbocycles. The quantitative estimate of drug-likeness (QED) is 0.124. The maximum Gasteiger partial charge on any atom is 0.353 e. The molecular formula is C30H33ClF2NO8PS. The third-order valence-electron chi connectivity index (χ3n) is 5.96. The monoisotopic (exact) mass is 671 g/mol. The van der Waals surface area contributed by atoms with Crippen LogP contribution in [0.2, 0.25) is 5.02 Å². The van der Waals surface area contributed by atoms with Gasteiger partial charge < -0.3 is 14.8 Å². The summed E-state index contributed by atoms with van der Waals surface area (Å²) in [5.41, 5.74) is -3.55. The van der Waals surface area contributed by atoms with Gasteiger partial charge in [-0.2, -0.15) is 0 Å². The van der Waals surface area contributed by atoms with E-state index in [0.717, 1.165) is 18.3 Å². The van der Waals surface area contributed by atoms with Gasteiger partial charge in [0, 0.05) is 21.5 Å². The SMILES string of the molecule is CC(C)(C)C(=O)OCOP(=O)(OCOC(=O)C(C)(C)C)C(C(=O)NC=Cc1cccc(F)c1F)c1csc2ccc(Cl)cc12. The van der Waals surface area contributed by atoms with Crippen molar-refractivity contribution in [3.05, 3.63) is 75.8 Å². The summed E-state index contributed by atoms with van der Waals surface area (Å²) in [5, 5.41) is 4.75. The highest BCUT2D eigenvalue weighted by Gasteiger charge is 2.45. The van der Waals surface area contributed by atoms with Crippen LogP contribution in [0.5, 0.6) is 0 Å². The van der Waals surface area contributed by atoms with Gasteiger partial charge in [-0.15, -0.1) is 11.3 Å². The molecule has 238 valence electrons. The number of carbonyl (C=O) groups is 3. The van der Waals surface area contributed by atoms with Crippen molar-refractivity contribution in [3.8, 4) is 0 Å². The molecule has 1 unspecified atom stereocenters. The highest BCUT2D eigenvalue weighted by molar-refractivity contribution is 7.55. The lowest BCUT2D eigenvalue weighted by Gasteiger charge is -2.27. The summed E-state index contributed by atoms with van der Waals surface area (Å²) in [7, 11) is -4.71. The summed E-state index contributed by atoms with van der Waals surface area (Å²) in [4.78, 5) is 38.5. The minimum atomic E-state index is -4.71. The van der Waals surface area contributed by atoms with Crippen molar-refractivity contribution in [3.63, 3.8) is 0 Å².